The van der Waals surface area contributed by atoms with Gasteiger partial charge in [0.15, 0.2) is 0 Å². The predicted octanol–water partition coefficient (Wildman–Crippen LogP) is 4.84. The third-order valence-electron chi connectivity index (χ3n) is 5.80. The van der Waals surface area contributed by atoms with Crippen LogP contribution in [0.15, 0.2) is 0 Å². The molecule has 0 aromatic rings. The Kier molecular flexibility index (Phi) is 3.13. The highest BCUT2D eigenvalue weighted by Gasteiger charge is 2.52. The lowest BCUT2D eigenvalue weighted by molar-refractivity contribution is 0.488. The number of fused-ring (bicyclic) bond motifs is 4. The van der Waals surface area contributed by atoms with Crippen molar-refractivity contribution in [3.63, 3.8) is 0 Å². The first-order valence-corrected chi connectivity index (χ1v) is 9.95. The van der Waals surface area contributed by atoms with Crippen molar-refractivity contribution in [1.29, 1.82) is 0 Å². The maximum Gasteiger partial charge on any atom is 0.0295 e. The first-order valence-electron chi connectivity index (χ1n) is 7.17. The summed E-state index contributed by atoms with van der Waals surface area (Å²) in [5, 5.41) is 1.86. The Morgan fingerprint density at radius 2 is 1.06 bits per heavy atom. The normalized spacial score (nSPS) is 60.4. The van der Waals surface area contributed by atoms with Crippen LogP contribution in [0.25, 0.3) is 0 Å². The molecule has 17 heavy (non-hydrogen) atoms. The molecule has 4 saturated carbocycles. The van der Waals surface area contributed by atoms with E-state index in [4.69, 9.17) is 0 Å². The second-order valence-corrected chi connectivity index (χ2v) is 10.1. The average Bonchev–Trinajstić information content (AvgIpc) is 3.05. The van der Waals surface area contributed by atoms with Gasteiger partial charge in [0.2, 0.25) is 0 Å². The Morgan fingerprint density at radius 1 is 0.647 bits per heavy atom. The largest absolute Gasteiger partial charge is 0.152 e. The fraction of sp³-hybridized carbons (Fsp3) is 1.00. The summed E-state index contributed by atoms with van der Waals surface area (Å²) < 4.78 is 0. The minimum atomic E-state index is 0.824. The van der Waals surface area contributed by atoms with Gasteiger partial charge in [-0.25, -0.2) is 0 Å². The Hall–Kier alpha value is 1.31. The van der Waals surface area contributed by atoms with Gasteiger partial charge in [0.05, 0.1) is 0 Å². The van der Waals surface area contributed by atoms with E-state index in [0.29, 0.717) is 0 Å². The highest BCUT2D eigenvalue weighted by atomic mass is 79.9. The van der Waals surface area contributed by atoms with E-state index >= 15 is 0 Å². The summed E-state index contributed by atoms with van der Waals surface area (Å²) in [5.74, 6) is 4.08. The number of halogens is 2. The van der Waals surface area contributed by atoms with Crippen LogP contribution < -0.4 is 0 Å². The van der Waals surface area contributed by atoms with E-state index < -0.39 is 0 Å². The summed E-state index contributed by atoms with van der Waals surface area (Å²) in [5.41, 5.74) is 0. The smallest absolute Gasteiger partial charge is 0.0295 e. The van der Waals surface area contributed by atoms with Crippen LogP contribution in [0.5, 0.6) is 0 Å². The van der Waals surface area contributed by atoms with Gasteiger partial charge < -0.3 is 0 Å². The molecular formula is C14H20Br2S. The van der Waals surface area contributed by atoms with Crippen LogP contribution in [0.1, 0.15) is 38.5 Å². The van der Waals surface area contributed by atoms with Crippen LogP contribution in [0, 0.1) is 23.7 Å². The first-order chi connectivity index (χ1) is 8.24. The van der Waals surface area contributed by atoms with Crippen LogP contribution in [0.4, 0.5) is 0 Å². The number of hydrogen-bond acceptors (Lipinski definition) is 1. The van der Waals surface area contributed by atoms with Gasteiger partial charge in [-0.2, -0.15) is 11.8 Å². The molecule has 0 radical (unpaired) electrons. The van der Waals surface area contributed by atoms with Crippen molar-refractivity contribution in [2.24, 2.45) is 23.7 Å². The molecule has 0 unspecified atom stereocenters. The molecule has 4 aliphatic rings. The molecular weight excluding hydrogens is 360 g/mol. The maximum atomic E-state index is 4.01. The van der Waals surface area contributed by atoms with E-state index in [1.165, 1.54) is 38.5 Å². The lowest BCUT2D eigenvalue weighted by atomic mass is 9.99. The topological polar surface area (TPSA) is 0 Å². The molecule has 4 rings (SSSR count). The van der Waals surface area contributed by atoms with Crippen molar-refractivity contribution in [2.75, 3.05) is 0 Å². The van der Waals surface area contributed by atoms with Gasteiger partial charge in [0.1, 0.15) is 0 Å². The first kappa shape index (κ1) is 12.1. The molecule has 0 aromatic carbocycles. The van der Waals surface area contributed by atoms with Crippen molar-refractivity contribution in [2.45, 2.75) is 58.7 Å². The van der Waals surface area contributed by atoms with Crippen molar-refractivity contribution >= 4 is 43.6 Å². The number of rotatable bonds is 2. The summed E-state index contributed by atoms with van der Waals surface area (Å²) in [6.07, 6.45) is 9.04. The summed E-state index contributed by atoms with van der Waals surface area (Å²) >= 11 is 10.4. The van der Waals surface area contributed by atoms with Gasteiger partial charge in [0, 0.05) is 20.2 Å². The van der Waals surface area contributed by atoms with Gasteiger partial charge in [0.25, 0.3) is 0 Å². The second kappa shape index (κ2) is 4.41. The lowest BCUT2D eigenvalue weighted by Crippen LogP contribution is -2.32. The molecule has 0 N–H and O–H groups in total. The van der Waals surface area contributed by atoms with Crippen molar-refractivity contribution in [3.05, 3.63) is 0 Å². The molecule has 0 heterocycles. The fourth-order valence-corrected chi connectivity index (χ4v) is 9.51. The highest BCUT2D eigenvalue weighted by Crippen LogP contribution is 2.59. The van der Waals surface area contributed by atoms with Gasteiger partial charge in [-0.15, -0.1) is 0 Å². The molecule has 4 aliphatic carbocycles. The monoisotopic (exact) mass is 378 g/mol. The molecule has 3 heteroatoms. The molecule has 0 amide bonds. The summed E-state index contributed by atoms with van der Waals surface area (Å²) in [6, 6.07) is 0. The predicted molar refractivity (Wildman–Crippen MR) is 82.3 cm³/mol. The Morgan fingerprint density at radius 3 is 1.41 bits per heavy atom. The van der Waals surface area contributed by atoms with Crippen LogP contribution in [0.2, 0.25) is 0 Å². The second-order valence-electron chi connectivity index (χ2n) is 6.62. The maximum absolute atomic E-state index is 4.01. The van der Waals surface area contributed by atoms with E-state index in [-0.39, 0.29) is 0 Å². The molecule has 0 aromatic heterocycles. The highest BCUT2D eigenvalue weighted by molar-refractivity contribution is 9.10. The Labute approximate surface area is 125 Å². The van der Waals surface area contributed by atoms with E-state index in [1.54, 1.807) is 0 Å². The average molecular weight is 380 g/mol. The molecule has 8 atom stereocenters. The summed E-state index contributed by atoms with van der Waals surface area (Å²) in [6.45, 7) is 0. The zero-order valence-corrected chi connectivity index (χ0v) is 14.0. The Balaban J connectivity index is 1.47. The molecule has 0 aliphatic heterocycles. The number of alkyl halides is 2. The van der Waals surface area contributed by atoms with E-state index in [2.05, 4.69) is 43.6 Å². The van der Waals surface area contributed by atoms with Gasteiger partial charge in [-0.05, 0) is 62.2 Å². The molecule has 4 fully saturated rings. The van der Waals surface area contributed by atoms with Crippen LogP contribution in [-0.4, -0.2) is 20.2 Å². The third kappa shape index (κ3) is 1.81. The van der Waals surface area contributed by atoms with Gasteiger partial charge in [-0.1, -0.05) is 31.9 Å². The van der Waals surface area contributed by atoms with E-state index in [0.717, 1.165) is 43.8 Å². The van der Waals surface area contributed by atoms with Crippen molar-refractivity contribution in [1.82, 2.24) is 0 Å². The van der Waals surface area contributed by atoms with Crippen LogP contribution in [0.3, 0.4) is 0 Å². The van der Waals surface area contributed by atoms with E-state index in [1.807, 2.05) is 0 Å². The summed E-state index contributed by atoms with van der Waals surface area (Å²) in [4.78, 5) is 1.65. The van der Waals surface area contributed by atoms with Crippen molar-refractivity contribution < 1.29 is 0 Å². The SMILES string of the molecule is Br[C@@H]1[C@H]2CC[C@@H](C2)[C@H]1S[C@@H]1[C@@H]2CC[C@H](C2)[C@@H]1Br. The molecule has 96 valence electrons. The number of thioether (sulfide) groups is 1. The fourth-order valence-electron chi connectivity index (χ4n) is 4.89. The Bertz CT molecular complexity index is 287. The van der Waals surface area contributed by atoms with Crippen LogP contribution >= 0.6 is 43.6 Å². The zero-order chi connectivity index (χ0) is 11.6. The third-order valence-corrected chi connectivity index (χ3v) is 11.1. The summed E-state index contributed by atoms with van der Waals surface area (Å²) in [7, 11) is 0. The number of hydrogen-bond donors (Lipinski definition) is 0. The zero-order valence-electron chi connectivity index (χ0n) is 10.0. The van der Waals surface area contributed by atoms with Gasteiger partial charge >= 0.3 is 0 Å². The molecule has 0 saturated heterocycles. The van der Waals surface area contributed by atoms with Crippen molar-refractivity contribution in [3.8, 4) is 0 Å². The minimum absolute atomic E-state index is 0.824. The standard InChI is InChI=1S/C14H20Br2S/c15-11-7-1-3-9(5-7)13(11)17-14-10-4-2-8(6-10)12(14)16/h7-14H,1-6H2/t7-,8+,9-,10+,11+,12-,13-,14-/m1/s1. The van der Waals surface area contributed by atoms with Gasteiger partial charge in [-0.3, -0.25) is 0 Å². The molecule has 0 spiro atoms. The minimum Gasteiger partial charge on any atom is -0.152 e. The lowest BCUT2D eigenvalue weighted by Gasteiger charge is -2.34. The molecule has 0 nitrogen and oxygen atoms in total. The molecule has 4 bridgehead atoms. The quantitative estimate of drug-likeness (QED) is 0.618. The van der Waals surface area contributed by atoms with E-state index in [9.17, 15) is 0 Å². The van der Waals surface area contributed by atoms with Crippen LogP contribution in [-0.2, 0) is 0 Å².